The summed E-state index contributed by atoms with van der Waals surface area (Å²) in [7, 11) is 0. The highest BCUT2D eigenvalue weighted by atomic mass is 16.5. The molecule has 0 saturated carbocycles. The zero-order valence-corrected chi connectivity index (χ0v) is 28.4. The number of aromatic nitrogens is 3. The molecule has 3 aromatic rings. The first-order chi connectivity index (χ1) is 23.2. The molecule has 5 heterocycles. The standard InChI is InChI=1S/C36H47N9O3/c1-23(2)42-17-19-43(20-18-42)33(46)27-9-13-29(14-10-27)38-36(47)37-28-11-7-26(8-12-28)32-39-34(44-24(3)5-6-25(44)4)41-35(40-32)45-30-15-16-31(45)22-48-21-30/h7-14,23-25,30-31H,5-6,15-22H2,1-4H3,(H2,37,38,47). The zero-order valence-electron chi connectivity index (χ0n) is 28.4. The molecule has 254 valence electrons. The van der Waals surface area contributed by atoms with Gasteiger partial charge in [-0.05, 0) is 102 Å². The minimum absolute atomic E-state index is 0.0219. The summed E-state index contributed by atoms with van der Waals surface area (Å²) in [6.07, 6.45) is 4.39. The van der Waals surface area contributed by atoms with Gasteiger partial charge >= 0.3 is 6.03 Å². The zero-order chi connectivity index (χ0) is 33.4. The van der Waals surface area contributed by atoms with E-state index in [9.17, 15) is 9.59 Å². The molecule has 48 heavy (non-hydrogen) atoms. The average molecular weight is 654 g/mol. The average Bonchev–Trinajstić information content (AvgIpc) is 3.57. The molecule has 0 spiro atoms. The molecule has 1 aromatic heterocycles. The van der Waals surface area contributed by atoms with Gasteiger partial charge in [0, 0.05) is 66.8 Å². The van der Waals surface area contributed by atoms with Gasteiger partial charge in [-0.15, -0.1) is 0 Å². The van der Waals surface area contributed by atoms with Crippen LogP contribution in [0.25, 0.3) is 11.4 Å². The van der Waals surface area contributed by atoms with Crippen LogP contribution in [-0.4, -0.2) is 106 Å². The van der Waals surface area contributed by atoms with Crippen LogP contribution in [0, 0.1) is 0 Å². The first kappa shape index (κ1) is 32.3. The highest BCUT2D eigenvalue weighted by Crippen LogP contribution is 2.35. The second kappa shape index (κ2) is 13.7. The number of rotatable bonds is 7. The lowest BCUT2D eigenvalue weighted by atomic mass is 10.1. The lowest BCUT2D eigenvalue weighted by molar-refractivity contribution is 0.0595. The lowest BCUT2D eigenvalue weighted by Crippen LogP contribution is -2.50. The van der Waals surface area contributed by atoms with Crippen LogP contribution in [0.15, 0.2) is 48.5 Å². The van der Waals surface area contributed by atoms with E-state index in [1.807, 2.05) is 29.2 Å². The van der Waals surface area contributed by atoms with Crippen LogP contribution in [0.2, 0.25) is 0 Å². The number of carbonyl (C=O) groups excluding carboxylic acids is 2. The third-order valence-electron chi connectivity index (χ3n) is 10.4. The number of nitrogens with zero attached hydrogens (tertiary/aromatic N) is 7. The quantitative estimate of drug-likeness (QED) is 0.359. The van der Waals surface area contributed by atoms with Crippen LogP contribution < -0.4 is 20.4 Å². The summed E-state index contributed by atoms with van der Waals surface area (Å²) in [6, 6.07) is 16.1. The summed E-state index contributed by atoms with van der Waals surface area (Å²) in [6.45, 7) is 13.4. The van der Waals surface area contributed by atoms with Crippen LogP contribution in [0.3, 0.4) is 0 Å². The van der Waals surface area contributed by atoms with Crippen molar-refractivity contribution in [3.63, 3.8) is 0 Å². The van der Waals surface area contributed by atoms with E-state index in [0.717, 1.165) is 69.3 Å². The number of morpholine rings is 1. The van der Waals surface area contributed by atoms with Crippen molar-refractivity contribution in [3.8, 4) is 11.4 Å². The van der Waals surface area contributed by atoms with Gasteiger partial charge < -0.3 is 30.1 Å². The molecule has 12 nitrogen and oxygen atoms in total. The molecule has 4 fully saturated rings. The lowest BCUT2D eigenvalue weighted by Gasteiger charge is -2.37. The van der Waals surface area contributed by atoms with Gasteiger partial charge in [0.1, 0.15) is 0 Å². The molecule has 0 aliphatic carbocycles. The minimum Gasteiger partial charge on any atom is -0.377 e. The molecular weight excluding hydrogens is 606 g/mol. The number of urea groups is 1. The van der Waals surface area contributed by atoms with Crippen molar-refractivity contribution >= 4 is 35.2 Å². The smallest absolute Gasteiger partial charge is 0.323 e. The Balaban J connectivity index is 1.01. The maximum Gasteiger partial charge on any atom is 0.323 e. The molecule has 4 atom stereocenters. The fraction of sp³-hybridized carbons (Fsp3) is 0.528. The monoisotopic (exact) mass is 653 g/mol. The molecule has 4 aliphatic heterocycles. The molecule has 4 unspecified atom stereocenters. The Bertz CT molecular complexity index is 1580. The Hall–Kier alpha value is -4.29. The van der Waals surface area contributed by atoms with Gasteiger partial charge in [-0.3, -0.25) is 9.69 Å². The summed E-state index contributed by atoms with van der Waals surface area (Å²) in [5.74, 6) is 2.09. The predicted octanol–water partition coefficient (Wildman–Crippen LogP) is 5.09. The molecule has 7 rings (SSSR count). The second-order valence-electron chi connectivity index (χ2n) is 13.9. The molecule has 4 saturated heterocycles. The van der Waals surface area contributed by atoms with Crippen molar-refractivity contribution in [3.05, 3.63) is 54.1 Å². The van der Waals surface area contributed by atoms with Gasteiger partial charge in [0.25, 0.3) is 5.91 Å². The minimum atomic E-state index is -0.365. The van der Waals surface area contributed by atoms with Gasteiger partial charge in [-0.2, -0.15) is 15.0 Å². The van der Waals surface area contributed by atoms with Gasteiger partial charge in [-0.1, -0.05) is 0 Å². The van der Waals surface area contributed by atoms with Crippen molar-refractivity contribution in [1.82, 2.24) is 24.8 Å². The highest BCUT2D eigenvalue weighted by molar-refractivity contribution is 6.00. The number of nitrogens with one attached hydrogen (secondary N) is 2. The van der Waals surface area contributed by atoms with E-state index in [4.69, 9.17) is 19.7 Å². The van der Waals surface area contributed by atoms with Gasteiger partial charge in [0.15, 0.2) is 5.82 Å². The van der Waals surface area contributed by atoms with Crippen molar-refractivity contribution < 1.29 is 14.3 Å². The molecule has 3 amide bonds. The molecular formula is C36H47N9O3. The van der Waals surface area contributed by atoms with Crippen LogP contribution in [0.5, 0.6) is 0 Å². The van der Waals surface area contributed by atoms with Gasteiger partial charge in [0.05, 0.1) is 25.3 Å². The number of ether oxygens (including phenoxy) is 1. The van der Waals surface area contributed by atoms with E-state index in [1.165, 1.54) is 0 Å². The summed E-state index contributed by atoms with van der Waals surface area (Å²) in [5.41, 5.74) is 2.73. The Kier molecular flexibility index (Phi) is 9.19. The number of hydrogen-bond acceptors (Lipinski definition) is 9. The summed E-state index contributed by atoms with van der Waals surface area (Å²) in [5, 5.41) is 5.78. The van der Waals surface area contributed by atoms with E-state index in [2.05, 4.69) is 53.0 Å². The molecule has 4 aliphatic rings. The van der Waals surface area contributed by atoms with Crippen molar-refractivity contribution in [2.24, 2.45) is 0 Å². The van der Waals surface area contributed by atoms with E-state index in [1.54, 1.807) is 24.3 Å². The summed E-state index contributed by atoms with van der Waals surface area (Å²) >= 11 is 0. The number of hydrogen-bond donors (Lipinski definition) is 2. The van der Waals surface area contributed by atoms with Gasteiger partial charge in [-0.25, -0.2) is 4.79 Å². The molecule has 12 heteroatoms. The van der Waals surface area contributed by atoms with Crippen LogP contribution in [0.4, 0.5) is 28.1 Å². The number of piperazine rings is 1. The molecule has 2 bridgehead atoms. The maximum atomic E-state index is 13.0. The van der Waals surface area contributed by atoms with E-state index < -0.39 is 0 Å². The first-order valence-electron chi connectivity index (χ1n) is 17.5. The number of anilines is 4. The number of carbonyl (C=O) groups is 2. The SMILES string of the molecule is CC(C)N1CCN(C(=O)c2ccc(NC(=O)Nc3ccc(-c4nc(N5C(C)CCC5C)nc(N5C6CCC5COC6)n4)cc3)cc2)CC1. The summed E-state index contributed by atoms with van der Waals surface area (Å²) < 4.78 is 5.84. The maximum absolute atomic E-state index is 13.0. The van der Waals surface area contributed by atoms with Crippen LogP contribution >= 0.6 is 0 Å². The fourth-order valence-electron chi connectivity index (χ4n) is 7.57. The van der Waals surface area contributed by atoms with Gasteiger partial charge in [0.2, 0.25) is 11.9 Å². The van der Waals surface area contributed by atoms with Crippen LogP contribution in [-0.2, 0) is 4.74 Å². The molecule has 2 N–H and O–H groups in total. The summed E-state index contributed by atoms with van der Waals surface area (Å²) in [4.78, 5) is 49.8. The molecule has 2 aromatic carbocycles. The Morgan fingerprint density at radius 3 is 1.83 bits per heavy atom. The Morgan fingerprint density at radius 2 is 1.27 bits per heavy atom. The highest BCUT2D eigenvalue weighted by Gasteiger charge is 2.40. The normalized spacial score (nSPS) is 24.3. The third-order valence-corrected chi connectivity index (χ3v) is 10.4. The Labute approximate surface area is 282 Å². The van der Waals surface area contributed by atoms with Crippen LogP contribution in [0.1, 0.15) is 63.7 Å². The van der Waals surface area contributed by atoms with E-state index in [0.29, 0.717) is 54.1 Å². The topological polar surface area (TPSA) is 119 Å². The predicted molar refractivity (Wildman–Crippen MR) is 188 cm³/mol. The van der Waals surface area contributed by atoms with Crippen molar-refractivity contribution in [2.45, 2.75) is 83.6 Å². The first-order valence-corrected chi connectivity index (χ1v) is 17.5. The largest absolute Gasteiger partial charge is 0.377 e. The van der Waals surface area contributed by atoms with E-state index in [-0.39, 0.29) is 24.0 Å². The third kappa shape index (κ3) is 6.68. The Morgan fingerprint density at radius 1 is 0.729 bits per heavy atom. The number of benzene rings is 2. The fourth-order valence-corrected chi connectivity index (χ4v) is 7.57. The molecule has 0 radical (unpaired) electrons. The second-order valence-corrected chi connectivity index (χ2v) is 13.9. The number of amides is 3. The van der Waals surface area contributed by atoms with Crippen molar-refractivity contribution in [1.29, 1.82) is 0 Å². The van der Waals surface area contributed by atoms with E-state index >= 15 is 0 Å². The van der Waals surface area contributed by atoms with Crippen molar-refractivity contribution in [2.75, 3.05) is 59.8 Å². The number of fused-ring (bicyclic) bond motifs is 2.